The number of thiophene rings is 1. The first-order valence-electron chi connectivity index (χ1n) is 21.2. The van der Waals surface area contributed by atoms with E-state index >= 15 is 0 Å². The highest BCUT2D eigenvalue weighted by Gasteiger charge is 2.24. The van der Waals surface area contributed by atoms with Crippen LogP contribution in [0.2, 0.25) is 0 Å². The summed E-state index contributed by atoms with van der Waals surface area (Å²) >= 11 is 1.86. The van der Waals surface area contributed by atoms with Crippen LogP contribution in [0.25, 0.3) is 86.9 Å². The van der Waals surface area contributed by atoms with E-state index in [9.17, 15) is 0 Å². The number of hydrogen-bond donors (Lipinski definition) is 0. The molecule has 1 aromatic heterocycles. The molecule has 62 heavy (non-hydrogen) atoms. The Morgan fingerprint density at radius 1 is 0.258 bits per heavy atom. The van der Waals surface area contributed by atoms with Gasteiger partial charge in [-0.15, -0.1) is 11.3 Å². The fourth-order valence-corrected chi connectivity index (χ4v) is 10.1. The average Bonchev–Trinajstić information content (AvgIpc) is 3.73. The van der Waals surface area contributed by atoms with Crippen LogP contribution >= 0.6 is 11.3 Å². The van der Waals surface area contributed by atoms with Gasteiger partial charge in [0.25, 0.3) is 0 Å². The second kappa shape index (κ2) is 16.3. The maximum atomic E-state index is 2.48. The van der Waals surface area contributed by atoms with Crippen LogP contribution in [0.1, 0.15) is 0 Å². The van der Waals surface area contributed by atoms with Crippen LogP contribution in [-0.2, 0) is 0 Å². The number of benzene rings is 10. The predicted molar refractivity (Wildman–Crippen MR) is 267 cm³/mol. The van der Waals surface area contributed by atoms with Crippen LogP contribution in [0.5, 0.6) is 0 Å². The summed E-state index contributed by atoms with van der Waals surface area (Å²) in [6, 6.07) is 90.4. The Bertz CT molecular complexity index is 3310. The predicted octanol–water partition coefficient (Wildman–Crippen LogP) is 17.5. The van der Waals surface area contributed by atoms with E-state index in [0.717, 1.165) is 28.2 Å². The average molecular weight is 808 g/mol. The fourth-order valence-electron chi connectivity index (χ4n) is 8.94. The Balaban J connectivity index is 1.12. The molecular formula is C60H41NS. The van der Waals surface area contributed by atoms with Crippen molar-refractivity contribution in [1.29, 1.82) is 0 Å². The first-order chi connectivity index (χ1) is 30.8. The van der Waals surface area contributed by atoms with E-state index in [0.29, 0.717) is 0 Å². The van der Waals surface area contributed by atoms with Crippen LogP contribution < -0.4 is 4.90 Å². The smallest absolute Gasteiger partial charge is 0.0546 e. The molecule has 0 saturated carbocycles. The number of anilines is 3. The van der Waals surface area contributed by atoms with Gasteiger partial charge in [-0.3, -0.25) is 0 Å². The molecule has 0 saturated heterocycles. The minimum Gasteiger partial charge on any atom is -0.309 e. The lowest BCUT2D eigenvalue weighted by molar-refractivity contribution is 1.28. The minimum absolute atomic E-state index is 1.08. The molecule has 0 unspecified atom stereocenters. The summed E-state index contributed by atoms with van der Waals surface area (Å²) in [5, 5.41) is 2.63. The Morgan fingerprint density at radius 2 is 0.710 bits per heavy atom. The van der Waals surface area contributed by atoms with Crippen molar-refractivity contribution in [2.45, 2.75) is 0 Å². The lowest BCUT2D eigenvalue weighted by atomic mass is 9.87. The van der Waals surface area contributed by atoms with Gasteiger partial charge in [-0.1, -0.05) is 212 Å². The molecule has 10 aromatic carbocycles. The minimum atomic E-state index is 1.08. The molecule has 0 amide bonds. The Kier molecular flexibility index (Phi) is 9.82. The molecule has 11 rings (SSSR count). The van der Waals surface area contributed by atoms with Crippen molar-refractivity contribution >= 4 is 48.6 Å². The van der Waals surface area contributed by atoms with Crippen LogP contribution in [0, 0.1) is 0 Å². The standard InChI is InChI=1S/C60H41NS/c1-4-17-42(18-5-1)43-31-33-47(34-32-43)51-24-12-14-28-56(51)61(49-38-35-44(36-39-49)48-37-40-54-53-25-13-15-30-58(53)62-59(54)41-48)57-29-16-27-52(46-21-8-3-9-22-46)60(57)55-26-11-10-23-50(55)45-19-6-2-7-20-45/h1-41H. The molecule has 0 N–H and O–H groups in total. The third-order valence-electron chi connectivity index (χ3n) is 11.9. The van der Waals surface area contributed by atoms with E-state index in [1.807, 2.05) is 11.3 Å². The van der Waals surface area contributed by atoms with Crippen molar-refractivity contribution < 1.29 is 0 Å². The monoisotopic (exact) mass is 807 g/mol. The quantitative estimate of drug-likeness (QED) is 0.140. The molecular weight excluding hydrogens is 767 g/mol. The zero-order valence-electron chi connectivity index (χ0n) is 34.0. The third-order valence-corrected chi connectivity index (χ3v) is 13.1. The van der Waals surface area contributed by atoms with E-state index in [-0.39, 0.29) is 0 Å². The van der Waals surface area contributed by atoms with Gasteiger partial charge >= 0.3 is 0 Å². The number of rotatable bonds is 9. The van der Waals surface area contributed by atoms with Crippen molar-refractivity contribution in [2.75, 3.05) is 4.90 Å². The van der Waals surface area contributed by atoms with E-state index in [1.165, 1.54) is 75.8 Å². The summed E-state index contributed by atoms with van der Waals surface area (Å²) in [6.45, 7) is 0. The molecule has 0 aliphatic carbocycles. The second-order valence-electron chi connectivity index (χ2n) is 15.6. The second-order valence-corrected chi connectivity index (χ2v) is 16.7. The number of hydrogen-bond acceptors (Lipinski definition) is 2. The summed E-state index contributed by atoms with van der Waals surface area (Å²) in [5.41, 5.74) is 17.5. The summed E-state index contributed by atoms with van der Waals surface area (Å²) in [5.74, 6) is 0. The van der Waals surface area contributed by atoms with Gasteiger partial charge in [0, 0.05) is 37.0 Å². The molecule has 292 valence electrons. The molecule has 0 spiro atoms. The molecule has 0 radical (unpaired) electrons. The summed E-state index contributed by atoms with van der Waals surface area (Å²) in [6.07, 6.45) is 0. The Labute approximate surface area is 367 Å². The van der Waals surface area contributed by atoms with Crippen LogP contribution in [-0.4, -0.2) is 0 Å². The molecule has 2 heteroatoms. The molecule has 0 aliphatic rings. The maximum absolute atomic E-state index is 2.48. The van der Waals surface area contributed by atoms with E-state index in [2.05, 4.69) is 254 Å². The first-order valence-corrected chi connectivity index (χ1v) is 22.0. The van der Waals surface area contributed by atoms with Gasteiger partial charge in [-0.05, 0) is 92.0 Å². The van der Waals surface area contributed by atoms with Crippen molar-refractivity contribution in [3.05, 3.63) is 249 Å². The molecule has 0 fully saturated rings. The Hall–Kier alpha value is -7.78. The Morgan fingerprint density at radius 3 is 1.44 bits per heavy atom. The van der Waals surface area contributed by atoms with Gasteiger partial charge in [-0.25, -0.2) is 0 Å². The SMILES string of the molecule is c1ccc(-c2ccc(-c3ccccc3N(c3ccc(-c4ccc5c(c4)sc4ccccc45)cc3)c3cccc(-c4ccccc4)c3-c3ccccc3-c3ccccc3)cc2)cc1. The largest absolute Gasteiger partial charge is 0.309 e. The fraction of sp³-hybridized carbons (Fsp3) is 0. The van der Waals surface area contributed by atoms with Crippen molar-refractivity contribution in [1.82, 2.24) is 0 Å². The normalized spacial score (nSPS) is 11.2. The highest BCUT2D eigenvalue weighted by atomic mass is 32.1. The van der Waals surface area contributed by atoms with Gasteiger partial charge in [-0.2, -0.15) is 0 Å². The first kappa shape index (κ1) is 37.2. The topological polar surface area (TPSA) is 3.24 Å². The third kappa shape index (κ3) is 6.97. The lowest BCUT2D eigenvalue weighted by Gasteiger charge is -2.31. The van der Waals surface area contributed by atoms with Gasteiger partial charge in [0.1, 0.15) is 0 Å². The molecule has 0 atom stereocenters. The van der Waals surface area contributed by atoms with E-state index in [4.69, 9.17) is 0 Å². The summed E-state index contributed by atoms with van der Waals surface area (Å²) in [4.78, 5) is 2.48. The van der Waals surface area contributed by atoms with Crippen molar-refractivity contribution in [3.8, 4) is 66.8 Å². The van der Waals surface area contributed by atoms with Gasteiger partial charge < -0.3 is 4.90 Å². The number of nitrogens with zero attached hydrogens (tertiary/aromatic N) is 1. The zero-order valence-corrected chi connectivity index (χ0v) is 34.8. The van der Waals surface area contributed by atoms with Gasteiger partial charge in [0.2, 0.25) is 0 Å². The van der Waals surface area contributed by atoms with Gasteiger partial charge in [0.05, 0.1) is 11.4 Å². The van der Waals surface area contributed by atoms with Crippen molar-refractivity contribution in [3.63, 3.8) is 0 Å². The molecule has 0 aliphatic heterocycles. The highest BCUT2D eigenvalue weighted by Crippen LogP contribution is 2.50. The van der Waals surface area contributed by atoms with Gasteiger partial charge in [0.15, 0.2) is 0 Å². The van der Waals surface area contributed by atoms with E-state index in [1.54, 1.807) is 0 Å². The van der Waals surface area contributed by atoms with Crippen LogP contribution in [0.3, 0.4) is 0 Å². The van der Waals surface area contributed by atoms with Crippen LogP contribution in [0.4, 0.5) is 17.1 Å². The highest BCUT2D eigenvalue weighted by molar-refractivity contribution is 7.25. The van der Waals surface area contributed by atoms with Crippen LogP contribution in [0.15, 0.2) is 249 Å². The zero-order chi connectivity index (χ0) is 41.2. The van der Waals surface area contributed by atoms with Crippen molar-refractivity contribution in [2.24, 2.45) is 0 Å². The summed E-state index contributed by atoms with van der Waals surface area (Å²) < 4.78 is 2.63. The number of para-hydroxylation sites is 1. The molecule has 1 nitrogen and oxygen atoms in total. The van der Waals surface area contributed by atoms with E-state index < -0.39 is 0 Å². The lowest BCUT2D eigenvalue weighted by Crippen LogP contribution is -2.13. The maximum Gasteiger partial charge on any atom is 0.0546 e. The molecule has 1 heterocycles. The summed E-state index contributed by atoms with van der Waals surface area (Å²) in [7, 11) is 0. The number of fused-ring (bicyclic) bond motifs is 3. The molecule has 11 aromatic rings. The molecule has 0 bridgehead atoms.